The zero-order valence-electron chi connectivity index (χ0n) is 15.4. The molecule has 3 aromatic carbocycles. The van der Waals surface area contributed by atoms with Gasteiger partial charge < -0.3 is 14.2 Å². The predicted molar refractivity (Wildman–Crippen MR) is 103 cm³/mol. The first kappa shape index (κ1) is 17.2. The SMILES string of the molecule is COc1cc(C)c(-c2ccc(OC(C)C)c3ccccc23)c(OC)c1. The standard InChI is InChI=1S/C22H24O3/c1-14(2)25-20-11-10-19(17-8-6-7-9-18(17)20)22-15(3)12-16(23-4)13-21(22)24-5/h6-14H,1-5H3. The summed E-state index contributed by atoms with van der Waals surface area (Å²) in [6, 6.07) is 16.4. The van der Waals surface area contributed by atoms with Gasteiger partial charge in [-0.1, -0.05) is 24.3 Å². The molecule has 0 saturated carbocycles. The number of fused-ring (bicyclic) bond motifs is 1. The second-order valence-electron chi connectivity index (χ2n) is 6.35. The lowest BCUT2D eigenvalue weighted by Crippen LogP contribution is -2.06. The van der Waals surface area contributed by atoms with Crippen molar-refractivity contribution >= 4 is 10.8 Å². The topological polar surface area (TPSA) is 27.7 Å². The molecule has 0 N–H and O–H groups in total. The highest BCUT2D eigenvalue weighted by Gasteiger charge is 2.16. The monoisotopic (exact) mass is 336 g/mol. The van der Waals surface area contributed by atoms with Crippen LogP contribution in [0.25, 0.3) is 21.9 Å². The number of benzene rings is 3. The summed E-state index contributed by atoms with van der Waals surface area (Å²) in [6.07, 6.45) is 0.131. The molecule has 0 spiro atoms. The van der Waals surface area contributed by atoms with Gasteiger partial charge in [0.15, 0.2) is 0 Å². The summed E-state index contributed by atoms with van der Waals surface area (Å²) < 4.78 is 17.0. The molecule has 0 atom stereocenters. The number of methoxy groups -OCH3 is 2. The molecule has 0 heterocycles. The van der Waals surface area contributed by atoms with Gasteiger partial charge in [0.05, 0.1) is 20.3 Å². The van der Waals surface area contributed by atoms with Crippen LogP contribution in [0.1, 0.15) is 19.4 Å². The summed E-state index contributed by atoms with van der Waals surface area (Å²) >= 11 is 0. The molecule has 0 aromatic heterocycles. The summed E-state index contributed by atoms with van der Waals surface area (Å²) in [5, 5.41) is 2.25. The lowest BCUT2D eigenvalue weighted by atomic mass is 9.93. The van der Waals surface area contributed by atoms with Crippen LogP contribution in [-0.2, 0) is 0 Å². The van der Waals surface area contributed by atoms with Crippen molar-refractivity contribution in [3.8, 4) is 28.4 Å². The Kier molecular flexibility index (Phi) is 4.84. The van der Waals surface area contributed by atoms with Crippen molar-refractivity contribution < 1.29 is 14.2 Å². The van der Waals surface area contributed by atoms with Crippen molar-refractivity contribution in [2.45, 2.75) is 26.9 Å². The molecule has 0 radical (unpaired) electrons. The number of aryl methyl sites for hydroxylation is 1. The number of hydrogen-bond acceptors (Lipinski definition) is 3. The third-order valence-electron chi connectivity index (χ3n) is 4.24. The minimum absolute atomic E-state index is 0.131. The fourth-order valence-corrected chi connectivity index (χ4v) is 3.19. The summed E-state index contributed by atoms with van der Waals surface area (Å²) in [7, 11) is 3.36. The molecule has 3 rings (SSSR count). The molecule has 0 bridgehead atoms. The molecular weight excluding hydrogens is 312 g/mol. The molecule has 0 aliphatic heterocycles. The Morgan fingerprint density at radius 3 is 2.16 bits per heavy atom. The lowest BCUT2D eigenvalue weighted by molar-refractivity contribution is 0.245. The zero-order chi connectivity index (χ0) is 18.0. The predicted octanol–water partition coefficient (Wildman–Crippen LogP) is 5.62. The van der Waals surface area contributed by atoms with E-state index in [0.717, 1.165) is 44.7 Å². The molecule has 3 aromatic rings. The van der Waals surface area contributed by atoms with E-state index in [4.69, 9.17) is 14.2 Å². The van der Waals surface area contributed by atoms with Crippen LogP contribution in [0.2, 0.25) is 0 Å². The first-order valence-corrected chi connectivity index (χ1v) is 8.46. The Bertz CT molecular complexity index is 897. The number of hydrogen-bond donors (Lipinski definition) is 0. The molecule has 3 heteroatoms. The average molecular weight is 336 g/mol. The van der Waals surface area contributed by atoms with E-state index in [9.17, 15) is 0 Å². The smallest absolute Gasteiger partial charge is 0.130 e. The van der Waals surface area contributed by atoms with Gasteiger partial charge in [-0.05, 0) is 55.5 Å². The van der Waals surface area contributed by atoms with E-state index in [-0.39, 0.29) is 6.10 Å². The maximum absolute atomic E-state index is 5.99. The van der Waals surface area contributed by atoms with E-state index in [1.54, 1.807) is 14.2 Å². The molecule has 0 aliphatic rings. The fraction of sp³-hybridized carbons (Fsp3) is 0.273. The number of ether oxygens (including phenoxy) is 3. The molecule has 0 aliphatic carbocycles. The fourth-order valence-electron chi connectivity index (χ4n) is 3.19. The molecule has 3 nitrogen and oxygen atoms in total. The van der Waals surface area contributed by atoms with Gasteiger partial charge in [-0.15, -0.1) is 0 Å². The van der Waals surface area contributed by atoms with Gasteiger partial charge in [0.2, 0.25) is 0 Å². The van der Waals surface area contributed by atoms with Crippen LogP contribution in [0.5, 0.6) is 17.2 Å². The van der Waals surface area contributed by atoms with Gasteiger partial charge in [0, 0.05) is 17.0 Å². The van der Waals surface area contributed by atoms with E-state index in [1.165, 1.54) is 0 Å². The van der Waals surface area contributed by atoms with Gasteiger partial charge in [-0.2, -0.15) is 0 Å². The molecular formula is C22H24O3. The van der Waals surface area contributed by atoms with Crippen LogP contribution < -0.4 is 14.2 Å². The number of rotatable bonds is 5. The molecule has 0 fully saturated rings. The highest BCUT2D eigenvalue weighted by Crippen LogP contribution is 2.42. The second kappa shape index (κ2) is 7.06. The van der Waals surface area contributed by atoms with Crippen molar-refractivity contribution in [2.24, 2.45) is 0 Å². The third-order valence-corrected chi connectivity index (χ3v) is 4.24. The van der Waals surface area contributed by atoms with Gasteiger partial charge in [-0.25, -0.2) is 0 Å². The molecule has 0 unspecified atom stereocenters. The second-order valence-corrected chi connectivity index (χ2v) is 6.35. The summed E-state index contributed by atoms with van der Waals surface area (Å²) in [5.74, 6) is 2.50. The summed E-state index contributed by atoms with van der Waals surface area (Å²) in [6.45, 7) is 6.16. The Morgan fingerprint density at radius 2 is 1.52 bits per heavy atom. The quantitative estimate of drug-likeness (QED) is 0.605. The lowest BCUT2D eigenvalue weighted by Gasteiger charge is -2.18. The van der Waals surface area contributed by atoms with Gasteiger partial charge in [0.1, 0.15) is 17.2 Å². The van der Waals surface area contributed by atoms with E-state index < -0.39 is 0 Å². The van der Waals surface area contributed by atoms with Gasteiger partial charge in [-0.3, -0.25) is 0 Å². The molecule has 25 heavy (non-hydrogen) atoms. The Hall–Kier alpha value is -2.68. The van der Waals surface area contributed by atoms with Crippen LogP contribution >= 0.6 is 0 Å². The maximum Gasteiger partial charge on any atom is 0.130 e. The van der Waals surface area contributed by atoms with Crippen LogP contribution in [0.3, 0.4) is 0 Å². The first-order valence-electron chi connectivity index (χ1n) is 8.46. The average Bonchev–Trinajstić information content (AvgIpc) is 2.61. The van der Waals surface area contributed by atoms with E-state index in [1.807, 2.05) is 38.1 Å². The highest BCUT2D eigenvalue weighted by atomic mass is 16.5. The van der Waals surface area contributed by atoms with Crippen molar-refractivity contribution in [3.63, 3.8) is 0 Å². The van der Waals surface area contributed by atoms with Crippen LogP contribution in [0, 0.1) is 6.92 Å². The van der Waals surface area contributed by atoms with Crippen LogP contribution in [0.4, 0.5) is 0 Å². The Balaban J connectivity index is 2.27. The molecule has 0 amide bonds. The first-order chi connectivity index (χ1) is 12.0. The van der Waals surface area contributed by atoms with E-state index in [2.05, 4.69) is 31.2 Å². The van der Waals surface area contributed by atoms with Gasteiger partial charge >= 0.3 is 0 Å². The largest absolute Gasteiger partial charge is 0.497 e. The molecule has 130 valence electrons. The van der Waals surface area contributed by atoms with Crippen molar-refractivity contribution in [1.82, 2.24) is 0 Å². The zero-order valence-corrected chi connectivity index (χ0v) is 15.4. The summed E-state index contributed by atoms with van der Waals surface area (Å²) in [5.41, 5.74) is 3.32. The van der Waals surface area contributed by atoms with Crippen LogP contribution in [-0.4, -0.2) is 20.3 Å². The minimum atomic E-state index is 0.131. The van der Waals surface area contributed by atoms with Crippen molar-refractivity contribution in [2.75, 3.05) is 14.2 Å². The Labute approximate surface area is 149 Å². The maximum atomic E-state index is 5.99. The van der Waals surface area contributed by atoms with Crippen molar-refractivity contribution in [3.05, 3.63) is 54.1 Å². The summed E-state index contributed by atoms with van der Waals surface area (Å²) in [4.78, 5) is 0. The molecule has 0 saturated heterocycles. The normalized spacial score (nSPS) is 11.0. The van der Waals surface area contributed by atoms with Crippen LogP contribution in [0.15, 0.2) is 48.5 Å². The van der Waals surface area contributed by atoms with E-state index >= 15 is 0 Å². The van der Waals surface area contributed by atoms with Gasteiger partial charge in [0.25, 0.3) is 0 Å². The third kappa shape index (κ3) is 3.27. The minimum Gasteiger partial charge on any atom is -0.497 e. The Morgan fingerprint density at radius 1 is 0.800 bits per heavy atom. The van der Waals surface area contributed by atoms with E-state index in [0.29, 0.717) is 0 Å². The van der Waals surface area contributed by atoms with Crippen molar-refractivity contribution in [1.29, 1.82) is 0 Å². The highest BCUT2D eigenvalue weighted by molar-refractivity contribution is 6.02.